The molecule has 1 aliphatic heterocycles. The van der Waals surface area contributed by atoms with Crippen LogP contribution in [0.5, 0.6) is 11.5 Å². The summed E-state index contributed by atoms with van der Waals surface area (Å²) in [6.45, 7) is 4.44. The minimum Gasteiger partial charge on any atom is -0.494 e. The Morgan fingerprint density at radius 3 is 2.47 bits per heavy atom. The molecule has 38 heavy (non-hydrogen) atoms. The number of hydrazine groups is 1. The molecule has 3 aromatic rings. The highest BCUT2D eigenvalue weighted by Crippen LogP contribution is 2.29. The number of nitrogens with one attached hydrogen (secondary N) is 3. The molecular formula is C28H29ClN4O5. The monoisotopic (exact) mass is 536 g/mol. The average Bonchev–Trinajstić information content (AvgIpc) is 3.30. The first kappa shape index (κ1) is 26.8. The van der Waals surface area contributed by atoms with Crippen molar-refractivity contribution >= 4 is 46.4 Å². The van der Waals surface area contributed by atoms with Gasteiger partial charge in [-0.3, -0.25) is 25.2 Å². The highest BCUT2D eigenvalue weighted by atomic mass is 35.5. The van der Waals surface area contributed by atoms with Gasteiger partial charge in [0, 0.05) is 29.4 Å². The third kappa shape index (κ3) is 6.95. The van der Waals surface area contributed by atoms with Gasteiger partial charge in [0.25, 0.3) is 5.91 Å². The lowest BCUT2D eigenvalue weighted by molar-refractivity contribution is -0.125. The molecule has 0 saturated carbocycles. The first-order valence-corrected chi connectivity index (χ1v) is 12.6. The summed E-state index contributed by atoms with van der Waals surface area (Å²) in [7, 11) is 0. The molecule has 0 spiro atoms. The van der Waals surface area contributed by atoms with E-state index in [2.05, 4.69) is 16.2 Å². The SMILES string of the molecule is CCOc1ccc(NC(=O)COc2ccc(Cl)cc2NNC(=O)[C@H]2CC(=O)N(c3ccc(C)cc3)C2)cc1. The number of nitrogens with zero attached hydrogens (tertiary/aromatic N) is 1. The van der Waals surface area contributed by atoms with Gasteiger partial charge in [-0.25, -0.2) is 0 Å². The van der Waals surface area contributed by atoms with E-state index in [1.165, 1.54) is 0 Å². The molecule has 1 saturated heterocycles. The molecule has 0 aromatic heterocycles. The molecule has 0 radical (unpaired) electrons. The van der Waals surface area contributed by atoms with Gasteiger partial charge in [-0.15, -0.1) is 0 Å². The van der Waals surface area contributed by atoms with Crippen molar-refractivity contribution in [3.63, 3.8) is 0 Å². The Hall–Kier alpha value is -4.24. The Labute approximate surface area is 226 Å². The molecule has 0 aliphatic carbocycles. The summed E-state index contributed by atoms with van der Waals surface area (Å²) >= 11 is 6.13. The number of hydrogen-bond acceptors (Lipinski definition) is 6. The van der Waals surface area contributed by atoms with Gasteiger partial charge in [-0.05, 0) is 68.4 Å². The van der Waals surface area contributed by atoms with Crippen molar-refractivity contribution in [2.45, 2.75) is 20.3 Å². The largest absolute Gasteiger partial charge is 0.494 e. The number of amides is 3. The zero-order chi connectivity index (χ0) is 27.1. The van der Waals surface area contributed by atoms with E-state index in [4.69, 9.17) is 21.1 Å². The van der Waals surface area contributed by atoms with Crippen LogP contribution in [-0.4, -0.2) is 37.5 Å². The summed E-state index contributed by atoms with van der Waals surface area (Å²) in [6, 6.07) is 19.4. The van der Waals surface area contributed by atoms with E-state index < -0.39 is 5.92 Å². The van der Waals surface area contributed by atoms with Crippen LogP contribution in [0.25, 0.3) is 0 Å². The van der Waals surface area contributed by atoms with Crippen molar-refractivity contribution in [2.24, 2.45) is 5.92 Å². The molecular weight excluding hydrogens is 508 g/mol. The number of carbonyl (C=O) groups is 3. The Morgan fingerprint density at radius 2 is 1.76 bits per heavy atom. The Bertz CT molecular complexity index is 1300. The predicted molar refractivity (Wildman–Crippen MR) is 147 cm³/mol. The molecule has 1 fully saturated rings. The molecule has 3 aromatic carbocycles. The average molecular weight is 537 g/mol. The van der Waals surface area contributed by atoms with Crippen LogP contribution in [0.2, 0.25) is 5.02 Å². The third-order valence-electron chi connectivity index (χ3n) is 5.91. The summed E-state index contributed by atoms with van der Waals surface area (Å²) in [6.07, 6.45) is 0.103. The van der Waals surface area contributed by atoms with E-state index >= 15 is 0 Å². The van der Waals surface area contributed by atoms with Gasteiger partial charge in [0.1, 0.15) is 11.5 Å². The Kier molecular flexibility index (Phi) is 8.70. The van der Waals surface area contributed by atoms with Crippen molar-refractivity contribution in [2.75, 3.05) is 35.4 Å². The van der Waals surface area contributed by atoms with E-state index in [0.717, 1.165) is 11.3 Å². The van der Waals surface area contributed by atoms with Gasteiger partial charge in [-0.2, -0.15) is 0 Å². The topological polar surface area (TPSA) is 109 Å². The standard InChI is InChI=1S/C28H29ClN4O5/c1-3-37-23-11-7-21(8-12-23)30-26(34)17-38-25-13-6-20(29)15-24(25)31-32-28(36)19-14-27(35)33(16-19)22-9-4-18(2)5-10-22/h4-13,15,19,31H,3,14,16-17H2,1-2H3,(H,30,34)(H,32,36)/t19-/m0/s1. The Morgan fingerprint density at radius 1 is 1.03 bits per heavy atom. The maximum absolute atomic E-state index is 12.8. The Balaban J connectivity index is 1.31. The van der Waals surface area contributed by atoms with Gasteiger partial charge in [0.05, 0.1) is 18.2 Å². The van der Waals surface area contributed by atoms with E-state index in [0.29, 0.717) is 34.5 Å². The number of aryl methyl sites for hydroxylation is 1. The van der Waals surface area contributed by atoms with Crippen LogP contribution in [-0.2, 0) is 14.4 Å². The number of carbonyl (C=O) groups excluding carboxylic acids is 3. The van der Waals surface area contributed by atoms with Crippen LogP contribution < -0.4 is 30.5 Å². The lowest BCUT2D eigenvalue weighted by atomic mass is 10.1. The summed E-state index contributed by atoms with van der Waals surface area (Å²) < 4.78 is 11.1. The second-order valence-electron chi connectivity index (χ2n) is 8.79. The van der Waals surface area contributed by atoms with Crippen molar-refractivity contribution < 1.29 is 23.9 Å². The molecule has 1 atom stereocenters. The van der Waals surface area contributed by atoms with Gasteiger partial charge < -0.3 is 19.7 Å². The van der Waals surface area contributed by atoms with Gasteiger partial charge in [-0.1, -0.05) is 29.3 Å². The molecule has 0 bridgehead atoms. The van der Waals surface area contributed by atoms with E-state index in [9.17, 15) is 14.4 Å². The number of ether oxygens (including phenoxy) is 2. The van der Waals surface area contributed by atoms with E-state index in [1.54, 1.807) is 47.4 Å². The molecule has 198 valence electrons. The van der Waals surface area contributed by atoms with Gasteiger partial charge in [0.2, 0.25) is 11.8 Å². The maximum atomic E-state index is 12.8. The summed E-state index contributed by atoms with van der Waals surface area (Å²) in [4.78, 5) is 39.3. The molecule has 0 unspecified atom stereocenters. The quantitative estimate of drug-likeness (QED) is 0.328. The normalized spacial score (nSPS) is 14.7. The van der Waals surface area contributed by atoms with Crippen LogP contribution in [0.3, 0.4) is 0 Å². The molecule has 1 aliphatic rings. The number of benzene rings is 3. The maximum Gasteiger partial charge on any atom is 0.262 e. The fourth-order valence-electron chi connectivity index (χ4n) is 3.96. The number of hydrogen-bond donors (Lipinski definition) is 3. The lowest BCUT2D eigenvalue weighted by Crippen LogP contribution is -2.36. The van der Waals surface area contributed by atoms with Crippen LogP contribution in [0.1, 0.15) is 18.9 Å². The molecule has 9 nitrogen and oxygen atoms in total. The van der Waals surface area contributed by atoms with E-state index in [-0.39, 0.29) is 37.3 Å². The van der Waals surface area contributed by atoms with Gasteiger partial charge >= 0.3 is 0 Å². The summed E-state index contributed by atoms with van der Waals surface area (Å²) in [5.74, 6) is -0.309. The fraction of sp³-hybridized carbons (Fsp3) is 0.250. The lowest BCUT2D eigenvalue weighted by Gasteiger charge is -2.18. The first-order valence-electron chi connectivity index (χ1n) is 12.2. The summed E-state index contributed by atoms with van der Waals surface area (Å²) in [5, 5.41) is 3.16. The van der Waals surface area contributed by atoms with E-state index in [1.807, 2.05) is 38.1 Å². The number of rotatable bonds is 10. The van der Waals surface area contributed by atoms with Crippen molar-refractivity contribution in [3.05, 3.63) is 77.3 Å². The van der Waals surface area contributed by atoms with Gasteiger partial charge in [0.15, 0.2) is 6.61 Å². The second-order valence-corrected chi connectivity index (χ2v) is 9.23. The minimum absolute atomic E-state index is 0.103. The zero-order valence-corrected chi connectivity index (χ0v) is 21.9. The number of halogens is 1. The summed E-state index contributed by atoms with van der Waals surface area (Å²) in [5.41, 5.74) is 8.28. The highest BCUT2D eigenvalue weighted by molar-refractivity contribution is 6.31. The fourth-order valence-corrected chi connectivity index (χ4v) is 4.13. The number of anilines is 3. The van der Waals surface area contributed by atoms with Crippen LogP contribution >= 0.6 is 11.6 Å². The smallest absolute Gasteiger partial charge is 0.262 e. The van der Waals surface area contributed by atoms with Crippen molar-refractivity contribution in [1.29, 1.82) is 0 Å². The van der Waals surface area contributed by atoms with Crippen molar-refractivity contribution in [1.82, 2.24) is 5.43 Å². The van der Waals surface area contributed by atoms with Crippen molar-refractivity contribution in [3.8, 4) is 11.5 Å². The minimum atomic E-state index is -0.528. The molecule has 3 N–H and O–H groups in total. The third-order valence-corrected chi connectivity index (χ3v) is 6.15. The van der Waals surface area contributed by atoms with Crippen LogP contribution in [0.4, 0.5) is 17.1 Å². The van der Waals surface area contributed by atoms with Crippen LogP contribution in [0.15, 0.2) is 66.7 Å². The zero-order valence-electron chi connectivity index (χ0n) is 21.1. The second kappa shape index (κ2) is 12.3. The van der Waals surface area contributed by atoms with Crippen LogP contribution in [0, 0.1) is 12.8 Å². The molecule has 3 amide bonds. The molecule has 10 heteroatoms. The molecule has 4 rings (SSSR count). The highest BCUT2D eigenvalue weighted by Gasteiger charge is 2.35. The predicted octanol–water partition coefficient (Wildman–Crippen LogP) is 4.56. The molecule has 1 heterocycles. The first-order chi connectivity index (χ1) is 18.3.